The third-order valence-corrected chi connectivity index (χ3v) is 2.36. The van der Waals surface area contributed by atoms with Crippen LogP contribution in [-0.4, -0.2) is 26.2 Å². The Balaban J connectivity index is 3.69. The van der Waals surface area contributed by atoms with Gasteiger partial charge in [0, 0.05) is 0 Å². The largest absolute Gasteiger partial charge is 0.398 e. The molecule has 0 spiro atoms. The number of rotatable bonds is 8. The van der Waals surface area contributed by atoms with E-state index in [0.29, 0.717) is 6.42 Å². The van der Waals surface area contributed by atoms with Crippen molar-refractivity contribution < 1.29 is 17.2 Å². The highest BCUT2D eigenvalue weighted by atomic mass is 32.3. The summed E-state index contributed by atoms with van der Waals surface area (Å²) >= 11 is 0. The maximum atomic E-state index is 10.4. The normalized spacial score (nSPS) is 14.2. The molecule has 0 aliphatic heterocycles. The predicted octanol–water partition coefficient (Wildman–Crippen LogP) is 1.32. The van der Waals surface area contributed by atoms with Crippen LogP contribution in [0, 0.1) is 0 Å². The monoisotopic (exact) mass is 225 g/mol. The highest BCUT2D eigenvalue weighted by Gasteiger charge is 2.14. The van der Waals surface area contributed by atoms with Gasteiger partial charge in [0.1, 0.15) is 6.23 Å². The second-order valence-electron chi connectivity index (χ2n) is 3.15. The van der Waals surface area contributed by atoms with Gasteiger partial charge in [0.05, 0.1) is 0 Å². The van der Waals surface area contributed by atoms with Crippen LogP contribution in [0.25, 0.3) is 0 Å². The molecule has 14 heavy (non-hydrogen) atoms. The van der Waals surface area contributed by atoms with Crippen LogP contribution in [0.3, 0.4) is 0 Å². The first-order valence-electron chi connectivity index (χ1n) is 4.82. The molecule has 1 unspecified atom stereocenters. The van der Waals surface area contributed by atoms with E-state index in [-0.39, 0.29) is 0 Å². The lowest BCUT2D eigenvalue weighted by molar-refractivity contribution is 0.146. The summed E-state index contributed by atoms with van der Waals surface area (Å²) in [6, 6.07) is 0. The van der Waals surface area contributed by atoms with Crippen molar-refractivity contribution >= 4 is 10.4 Å². The molecule has 0 amide bonds. The van der Waals surface area contributed by atoms with Gasteiger partial charge in [0.15, 0.2) is 0 Å². The zero-order valence-electron chi connectivity index (χ0n) is 8.69. The Kier molecular flexibility index (Phi) is 7.08. The Morgan fingerprint density at radius 3 is 2.43 bits per heavy atom. The van der Waals surface area contributed by atoms with E-state index < -0.39 is 16.6 Å². The smallest absolute Gasteiger partial charge is 0.294 e. The lowest BCUT2D eigenvalue weighted by Crippen LogP contribution is -2.30. The lowest BCUT2D eigenvalue weighted by Gasteiger charge is -2.13. The van der Waals surface area contributed by atoms with Crippen LogP contribution < -0.4 is 5.32 Å². The number of hydrogen-bond acceptors (Lipinski definition) is 4. The van der Waals surface area contributed by atoms with Crippen molar-refractivity contribution in [1.82, 2.24) is 5.32 Å². The summed E-state index contributed by atoms with van der Waals surface area (Å²) in [5.41, 5.74) is 0. The standard InChI is InChI=1S/C8H19NO4S/c1-3-4-5-6-7-8(9-2)13-14(10,11)12/h8-9H,3-7H2,1-2H3,(H,10,11,12). The fraction of sp³-hybridized carbons (Fsp3) is 1.00. The maximum Gasteiger partial charge on any atom is 0.398 e. The average Bonchev–Trinajstić information content (AvgIpc) is 2.08. The fourth-order valence-corrected chi connectivity index (χ4v) is 1.63. The first-order chi connectivity index (χ1) is 6.49. The first kappa shape index (κ1) is 13.8. The second-order valence-corrected chi connectivity index (χ2v) is 4.20. The molecule has 0 saturated heterocycles. The topological polar surface area (TPSA) is 75.6 Å². The van der Waals surface area contributed by atoms with E-state index in [1.807, 2.05) is 0 Å². The van der Waals surface area contributed by atoms with Gasteiger partial charge in [-0.05, 0) is 19.9 Å². The molecule has 0 radical (unpaired) electrons. The van der Waals surface area contributed by atoms with Gasteiger partial charge >= 0.3 is 10.4 Å². The average molecular weight is 225 g/mol. The zero-order valence-corrected chi connectivity index (χ0v) is 9.51. The van der Waals surface area contributed by atoms with Crippen molar-refractivity contribution in [1.29, 1.82) is 0 Å². The van der Waals surface area contributed by atoms with Crippen LogP contribution in [0.1, 0.15) is 39.0 Å². The van der Waals surface area contributed by atoms with E-state index in [1.165, 1.54) is 0 Å². The van der Waals surface area contributed by atoms with Gasteiger partial charge in [-0.2, -0.15) is 8.42 Å². The Morgan fingerprint density at radius 1 is 1.36 bits per heavy atom. The van der Waals surface area contributed by atoms with Crippen LogP contribution in [0.2, 0.25) is 0 Å². The molecule has 0 heterocycles. The first-order valence-corrected chi connectivity index (χ1v) is 6.19. The molecular weight excluding hydrogens is 206 g/mol. The van der Waals surface area contributed by atoms with Crippen LogP contribution in [0.5, 0.6) is 0 Å². The third-order valence-electron chi connectivity index (χ3n) is 1.88. The Morgan fingerprint density at radius 2 is 2.00 bits per heavy atom. The summed E-state index contributed by atoms with van der Waals surface area (Å²) in [5, 5.41) is 2.67. The molecule has 5 nitrogen and oxygen atoms in total. The van der Waals surface area contributed by atoms with Gasteiger partial charge in [-0.1, -0.05) is 26.2 Å². The highest BCUT2D eigenvalue weighted by Crippen LogP contribution is 2.07. The van der Waals surface area contributed by atoms with Crippen molar-refractivity contribution in [3.05, 3.63) is 0 Å². The van der Waals surface area contributed by atoms with Crippen molar-refractivity contribution in [3.63, 3.8) is 0 Å². The maximum absolute atomic E-state index is 10.4. The van der Waals surface area contributed by atoms with Crippen LogP contribution in [0.4, 0.5) is 0 Å². The van der Waals surface area contributed by atoms with Crippen molar-refractivity contribution in [2.45, 2.75) is 45.3 Å². The SMILES string of the molecule is CCCCCCC(NC)OS(=O)(=O)O. The van der Waals surface area contributed by atoms with Gasteiger partial charge in [-0.15, -0.1) is 0 Å². The molecule has 0 aromatic heterocycles. The Labute approximate surface area is 85.8 Å². The summed E-state index contributed by atoms with van der Waals surface area (Å²) in [7, 11) is -2.75. The highest BCUT2D eigenvalue weighted by molar-refractivity contribution is 7.80. The summed E-state index contributed by atoms with van der Waals surface area (Å²) in [4.78, 5) is 0. The molecule has 0 aliphatic carbocycles. The molecule has 1 atom stereocenters. The summed E-state index contributed by atoms with van der Waals surface area (Å²) in [6.07, 6.45) is 4.14. The van der Waals surface area contributed by atoms with E-state index in [2.05, 4.69) is 16.4 Å². The Bertz CT molecular complexity index is 227. The second kappa shape index (κ2) is 7.17. The van der Waals surface area contributed by atoms with Gasteiger partial charge < -0.3 is 0 Å². The molecule has 6 heteroatoms. The van der Waals surface area contributed by atoms with Crippen molar-refractivity contribution in [2.24, 2.45) is 0 Å². The van der Waals surface area contributed by atoms with E-state index in [4.69, 9.17) is 4.55 Å². The minimum Gasteiger partial charge on any atom is -0.294 e. The minimum atomic E-state index is -4.34. The number of hydrogen-bond donors (Lipinski definition) is 2. The fourth-order valence-electron chi connectivity index (χ4n) is 1.14. The van der Waals surface area contributed by atoms with Crippen LogP contribution in [-0.2, 0) is 14.6 Å². The summed E-state index contributed by atoms with van der Waals surface area (Å²) < 4.78 is 33.6. The molecule has 0 rings (SSSR count). The van der Waals surface area contributed by atoms with E-state index in [1.54, 1.807) is 7.05 Å². The van der Waals surface area contributed by atoms with Crippen LogP contribution in [0.15, 0.2) is 0 Å². The van der Waals surface area contributed by atoms with Gasteiger partial charge in [0.25, 0.3) is 0 Å². The molecule has 86 valence electrons. The van der Waals surface area contributed by atoms with Gasteiger partial charge in [-0.3, -0.25) is 9.87 Å². The van der Waals surface area contributed by atoms with Crippen molar-refractivity contribution in [3.8, 4) is 0 Å². The summed E-state index contributed by atoms with van der Waals surface area (Å²) in [5.74, 6) is 0. The molecule has 0 bridgehead atoms. The molecule has 0 aromatic rings. The molecule has 0 fully saturated rings. The molecular formula is C8H19NO4S. The number of unbranched alkanes of at least 4 members (excludes halogenated alkanes) is 3. The third kappa shape index (κ3) is 8.43. The lowest BCUT2D eigenvalue weighted by atomic mass is 10.1. The van der Waals surface area contributed by atoms with Gasteiger partial charge in [0.2, 0.25) is 0 Å². The molecule has 0 aromatic carbocycles. The predicted molar refractivity (Wildman–Crippen MR) is 54.2 cm³/mol. The quantitative estimate of drug-likeness (QED) is 0.370. The van der Waals surface area contributed by atoms with E-state index in [9.17, 15) is 8.42 Å². The minimum absolute atomic E-state index is 0.580. The van der Waals surface area contributed by atoms with E-state index in [0.717, 1.165) is 25.7 Å². The molecule has 0 saturated carbocycles. The number of nitrogens with one attached hydrogen (secondary N) is 1. The summed E-state index contributed by atoms with van der Waals surface area (Å²) in [6.45, 7) is 2.10. The Hall–Kier alpha value is -0.170. The van der Waals surface area contributed by atoms with Gasteiger partial charge in [-0.25, -0.2) is 4.18 Å². The van der Waals surface area contributed by atoms with Crippen LogP contribution >= 0.6 is 0 Å². The molecule has 0 aliphatic rings. The molecule has 2 N–H and O–H groups in total. The van der Waals surface area contributed by atoms with Crippen molar-refractivity contribution in [2.75, 3.05) is 7.05 Å². The zero-order chi connectivity index (χ0) is 11.0. The van der Waals surface area contributed by atoms with E-state index >= 15 is 0 Å².